The van der Waals surface area contributed by atoms with Gasteiger partial charge in [0.05, 0.1) is 23.9 Å². The van der Waals surface area contributed by atoms with Crippen molar-refractivity contribution in [3.63, 3.8) is 0 Å². The fourth-order valence-corrected chi connectivity index (χ4v) is 5.83. The smallest absolute Gasteiger partial charge is 0.340 e. The Bertz CT molecular complexity index is 2030. The Hall–Kier alpha value is -4.95. The molecule has 0 unspecified atom stereocenters. The highest BCUT2D eigenvalue weighted by atomic mass is 16.5. The van der Waals surface area contributed by atoms with E-state index in [4.69, 9.17) is 10.5 Å². The van der Waals surface area contributed by atoms with Gasteiger partial charge in [0.15, 0.2) is 0 Å². The monoisotopic (exact) mass is 547 g/mol. The molecule has 0 fully saturated rings. The summed E-state index contributed by atoms with van der Waals surface area (Å²) in [6.07, 6.45) is 2.08. The number of ether oxygens (including phenoxy) is 1. The molecule has 0 saturated heterocycles. The lowest BCUT2D eigenvalue weighted by atomic mass is 9.88. The summed E-state index contributed by atoms with van der Waals surface area (Å²) in [5, 5.41) is 10.6. The van der Waals surface area contributed by atoms with Crippen LogP contribution in [0.25, 0.3) is 33.5 Å². The zero-order chi connectivity index (χ0) is 29.2. The van der Waals surface area contributed by atoms with Gasteiger partial charge in [0.1, 0.15) is 5.75 Å². The molecule has 0 bridgehead atoms. The summed E-state index contributed by atoms with van der Waals surface area (Å²) < 4.78 is 7.82. The number of nitrogens with two attached hydrogens (primary N) is 1. The zero-order valence-electron chi connectivity index (χ0n) is 23.2. The van der Waals surface area contributed by atoms with Crippen molar-refractivity contribution in [3.8, 4) is 33.7 Å². The van der Waals surface area contributed by atoms with Crippen LogP contribution in [0.1, 0.15) is 46.5 Å². The molecule has 3 N–H and O–H groups in total. The van der Waals surface area contributed by atoms with Crippen molar-refractivity contribution in [2.45, 2.75) is 32.8 Å². The molecule has 0 radical (unpaired) electrons. The normalized spacial score (nSPS) is 12.3. The molecule has 1 amide bonds. The standard InChI is InChI=1S/C33H29N3O5/c1-18-23(6-5-7-28(18)36-29(37)17-21-16-22(41-4)12-13-35(21)32(36)39)25-10-11-26(31(34)38)27-15-19-14-20(33(2,3)40)8-9-24(19)30(25)27/h5-14,16-17,40H,15H2,1-4H3,(H2,34,38). The predicted molar refractivity (Wildman–Crippen MR) is 158 cm³/mol. The summed E-state index contributed by atoms with van der Waals surface area (Å²) in [7, 11) is 1.53. The molecule has 0 saturated carbocycles. The van der Waals surface area contributed by atoms with Crippen molar-refractivity contribution in [1.82, 2.24) is 8.97 Å². The molecule has 206 valence electrons. The van der Waals surface area contributed by atoms with E-state index in [0.29, 0.717) is 28.9 Å². The van der Waals surface area contributed by atoms with Crippen LogP contribution >= 0.6 is 0 Å². The number of primary amides is 1. The van der Waals surface area contributed by atoms with Crippen LogP contribution in [-0.2, 0) is 12.0 Å². The van der Waals surface area contributed by atoms with Gasteiger partial charge in [0.2, 0.25) is 5.91 Å². The molecule has 6 rings (SSSR count). The molecule has 3 aromatic carbocycles. The van der Waals surface area contributed by atoms with Gasteiger partial charge in [-0.05, 0) is 89.9 Å². The fraction of sp³-hybridized carbons (Fsp3) is 0.182. The molecule has 0 aliphatic heterocycles. The number of benzene rings is 3. The van der Waals surface area contributed by atoms with E-state index in [2.05, 4.69) is 0 Å². The third-order valence-electron chi connectivity index (χ3n) is 7.94. The number of aliphatic hydroxyl groups is 1. The number of amides is 1. The van der Waals surface area contributed by atoms with E-state index in [1.807, 2.05) is 43.3 Å². The number of hydrogen-bond donors (Lipinski definition) is 2. The minimum atomic E-state index is -1.02. The molecule has 41 heavy (non-hydrogen) atoms. The van der Waals surface area contributed by atoms with E-state index in [1.165, 1.54) is 22.1 Å². The third-order valence-corrected chi connectivity index (χ3v) is 7.94. The lowest BCUT2D eigenvalue weighted by molar-refractivity contribution is 0.0785. The molecule has 2 heterocycles. The van der Waals surface area contributed by atoms with Crippen LogP contribution in [0.4, 0.5) is 0 Å². The molecule has 8 heteroatoms. The first-order chi connectivity index (χ1) is 19.5. The summed E-state index contributed by atoms with van der Waals surface area (Å²) in [5.41, 5.74) is 12.0. The van der Waals surface area contributed by atoms with Gasteiger partial charge < -0.3 is 15.6 Å². The number of fused-ring (bicyclic) bond motifs is 4. The fourth-order valence-electron chi connectivity index (χ4n) is 5.83. The summed E-state index contributed by atoms with van der Waals surface area (Å²) in [6, 6.07) is 19.6. The summed E-state index contributed by atoms with van der Waals surface area (Å²) >= 11 is 0. The van der Waals surface area contributed by atoms with E-state index in [0.717, 1.165) is 44.5 Å². The lowest BCUT2D eigenvalue weighted by Gasteiger charge is -2.19. The Kier molecular flexibility index (Phi) is 5.97. The molecule has 2 aromatic heterocycles. The number of pyridine rings is 1. The Morgan fingerprint density at radius 2 is 1.73 bits per heavy atom. The Labute approximate surface area is 235 Å². The number of rotatable bonds is 5. The molecule has 8 nitrogen and oxygen atoms in total. The first-order valence-corrected chi connectivity index (χ1v) is 13.2. The molecule has 0 spiro atoms. The largest absolute Gasteiger partial charge is 0.497 e. The van der Waals surface area contributed by atoms with E-state index >= 15 is 0 Å². The summed E-state index contributed by atoms with van der Waals surface area (Å²) in [5.74, 6) is 0.0316. The van der Waals surface area contributed by atoms with Crippen molar-refractivity contribution in [3.05, 3.63) is 122 Å². The summed E-state index contributed by atoms with van der Waals surface area (Å²) in [6.45, 7) is 5.35. The Balaban J connectivity index is 1.58. The van der Waals surface area contributed by atoms with Crippen LogP contribution in [0, 0.1) is 6.92 Å². The number of aromatic nitrogens is 2. The van der Waals surface area contributed by atoms with Crippen LogP contribution in [0.3, 0.4) is 0 Å². The highest BCUT2D eigenvalue weighted by molar-refractivity contribution is 6.02. The van der Waals surface area contributed by atoms with E-state index in [9.17, 15) is 19.5 Å². The first kappa shape index (κ1) is 26.3. The SMILES string of the molecule is COc1ccn2c(=O)n(-c3cccc(-c4ccc(C(N)=O)c5c4-c4ccc(C(C)(C)O)cc4C5)c3C)c(=O)cc2c1. The molecule has 0 atom stereocenters. The average molecular weight is 548 g/mol. The van der Waals surface area contributed by atoms with Gasteiger partial charge in [0.25, 0.3) is 5.56 Å². The molecule has 5 aromatic rings. The van der Waals surface area contributed by atoms with Crippen LogP contribution in [-0.4, -0.2) is 27.1 Å². The maximum absolute atomic E-state index is 13.5. The van der Waals surface area contributed by atoms with Gasteiger partial charge in [0, 0.05) is 23.9 Å². The molecule has 1 aliphatic carbocycles. The van der Waals surface area contributed by atoms with Crippen molar-refractivity contribution in [2.75, 3.05) is 7.11 Å². The second-order valence-electron chi connectivity index (χ2n) is 10.9. The lowest BCUT2D eigenvalue weighted by Crippen LogP contribution is -2.36. The number of carbonyl (C=O) groups excluding carboxylic acids is 1. The number of methoxy groups -OCH3 is 1. The first-order valence-electron chi connectivity index (χ1n) is 13.2. The van der Waals surface area contributed by atoms with Crippen molar-refractivity contribution < 1.29 is 14.6 Å². The van der Waals surface area contributed by atoms with E-state index in [1.54, 1.807) is 44.3 Å². The van der Waals surface area contributed by atoms with Crippen molar-refractivity contribution in [2.24, 2.45) is 5.73 Å². The predicted octanol–water partition coefficient (Wildman–Crippen LogP) is 4.33. The third kappa shape index (κ3) is 4.15. The highest BCUT2D eigenvalue weighted by Gasteiger charge is 2.29. The minimum Gasteiger partial charge on any atom is -0.497 e. The zero-order valence-corrected chi connectivity index (χ0v) is 23.2. The average Bonchev–Trinajstić information content (AvgIpc) is 3.31. The Morgan fingerprint density at radius 3 is 2.44 bits per heavy atom. The van der Waals surface area contributed by atoms with Gasteiger partial charge in [-0.25, -0.2) is 9.36 Å². The van der Waals surface area contributed by atoms with E-state index in [-0.39, 0.29) is 0 Å². The van der Waals surface area contributed by atoms with E-state index < -0.39 is 22.8 Å². The van der Waals surface area contributed by atoms with Gasteiger partial charge >= 0.3 is 5.69 Å². The number of nitrogens with zero attached hydrogens (tertiary/aromatic N) is 2. The van der Waals surface area contributed by atoms with Crippen LogP contribution in [0.15, 0.2) is 82.5 Å². The molecular formula is C33H29N3O5. The highest BCUT2D eigenvalue weighted by Crippen LogP contribution is 2.46. The number of carbonyl (C=O) groups is 1. The second kappa shape index (κ2) is 9.31. The second-order valence-corrected chi connectivity index (χ2v) is 10.9. The van der Waals surface area contributed by atoms with Gasteiger partial charge in [-0.3, -0.25) is 14.0 Å². The maximum atomic E-state index is 13.5. The van der Waals surface area contributed by atoms with Gasteiger partial charge in [-0.15, -0.1) is 0 Å². The quantitative estimate of drug-likeness (QED) is 0.333. The van der Waals surface area contributed by atoms with Gasteiger partial charge in [-0.1, -0.05) is 36.4 Å². The van der Waals surface area contributed by atoms with Crippen molar-refractivity contribution >= 4 is 11.4 Å². The molecular weight excluding hydrogens is 518 g/mol. The van der Waals surface area contributed by atoms with Crippen LogP contribution in [0.5, 0.6) is 5.75 Å². The van der Waals surface area contributed by atoms with Crippen molar-refractivity contribution in [1.29, 1.82) is 0 Å². The van der Waals surface area contributed by atoms with Gasteiger partial charge in [-0.2, -0.15) is 0 Å². The maximum Gasteiger partial charge on any atom is 0.340 e. The number of hydrogen-bond acceptors (Lipinski definition) is 5. The van der Waals surface area contributed by atoms with Crippen LogP contribution < -0.4 is 21.7 Å². The topological polar surface area (TPSA) is 116 Å². The van der Waals surface area contributed by atoms with Crippen LogP contribution in [0.2, 0.25) is 0 Å². The Morgan fingerprint density at radius 1 is 0.976 bits per heavy atom. The molecule has 1 aliphatic rings. The summed E-state index contributed by atoms with van der Waals surface area (Å²) in [4.78, 5) is 39.2. The minimum absolute atomic E-state index is 0.436.